The molecule has 0 radical (unpaired) electrons. The number of hydrogen-bond donors (Lipinski definition) is 0. The van der Waals surface area contributed by atoms with E-state index in [1.165, 1.54) is 0 Å². The van der Waals surface area contributed by atoms with Crippen LogP contribution in [0.5, 0.6) is 0 Å². The minimum absolute atomic E-state index is 0.430. The molecule has 0 bridgehead atoms. The fraction of sp³-hybridized carbons (Fsp3) is 0.125. The predicted molar refractivity (Wildman–Crippen MR) is 49.1 cm³/mol. The summed E-state index contributed by atoms with van der Waals surface area (Å²) < 4.78 is 0.778. The third-order valence-electron chi connectivity index (χ3n) is 1.40. The van der Waals surface area contributed by atoms with Gasteiger partial charge in [0.05, 0.1) is 0 Å². The summed E-state index contributed by atoms with van der Waals surface area (Å²) in [5.74, 6) is 0. The quantitative estimate of drug-likeness (QED) is 0.681. The molecule has 0 heterocycles. The van der Waals surface area contributed by atoms with Crippen LogP contribution in [0.4, 0.5) is 0 Å². The molecule has 0 spiro atoms. The molecule has 1 aromatic rings. The molecular formula is C8H6BrClO. The van der Waals surface area contributed by atoms with E-state index in [0.717, 1.165) is 10.0 Å². The van der Waals surface area contributed by atoms with Crippen molar-refractivity contribution in [3.05, 3.63) is 33.8 Å². The smallest absolute Gasteiger partial charge is 0.253 e. The van der Waals surface area contributed by atoms with Gasteiger partial charge in [-0.15, -0.1) is 0 Å². The van der Waals surface area contributed by atoms with Crippen molar-refractivity contribution in [2.75, 3.05) is 0 Å². The molecule has 1 rings (SSSR count). The van der Waals surface area contributed by atoms with Crippen molar-refractivity contribution >= 4 is 32.8 Å². The monoisotopic (exact) mass is 232 g/mol. The minimum Gasteiger partial charge on any atom is -0.276 e. The van der Waals surface area contributed by atoms with E-state index in [4.69, 9.17) is 11.6 Å². The molecule has 0 aliphatic rings. The molecule has 0 saturated carbocycles. The molecule has 58 valence electrons. The van der Waals surface area contributed by atoms with Gasteiger partial charge in [0.15, 0.2) is 0 Å². The topological polar surface area (TPSA) is 17.1 Å². The number of halogens is 2. The van der Waals surface area contributed by atoms with Crippen molar-refractivity contribution in [1.82, 2.24) is 0 Å². The molecule has 0 atom stereocenters. The third kappa shape index (κ3) is 1.82. The number of benzene rings is 1. The van der Waals surface area contributed by atoms with Gasteiger partial charge in [0, 0.05) is 10.0 Å². The van der Waals surface area contributed by atoms with Gasteiger partial charge in [-0.05, 0) is 46.1 Å². The predicted octanol–water partition coefficient (Wildman–Crippen LogP) is 3.14. The summed E-state index contributed by atoms with van der Waals surface area (Å²) in [6, 6.07) is 5.40. The molecule has 0 saturated heterocycles. The molecule has 0 unspecified atom stereocenters. The van der Waals surface area contributed by atoms with Crippen molar-refractivity contribution in [1.29, 1.82) is 0 Å². The van der Waals surface area contributed by atoms with Crippen LogP contribution in [0.25, 0.3) is 0 Å². The van der Waals surface area contributed by atoms with Crippen LogP contribution in [-0.2, 0) is 0 Å². The Morgan fingerprint density at radius 3 is 2.64 bits per heavy atom. The summed E-state index contributed by atoms with van der Waals surface area (Å²) in [4.78, 5) is 10.8. The maximum Gasteiger partial charge on any atom is 0.253 e. The molecule has 11 heavy (non-hydrogen) atoms. The number of hydrogen-bond acceptors (Lipinski definition) is 1. The molecule has 0 aromatic heterocycles. The van der Waals surface area contributed by atoms with Gasteiger partial charge in [0.25, 0.3) is 5.24 Å². The van der Waals surface area contributed by atoms with Crippen molar-refractivity contribution in [3.8, 4) is 0 Å². The van der Waals surface area contributed by atoms with Crippen molar-refractivity contribution in [3.63, 3.8) is 0 Å². The Labute approximate surface area is 78.5 Å². The highest BCUT2D eigenvalue weighted by molar-refractivity contribution is 9.10. The number of carbonyl (C=O) groups excluding carboxylic acids is 1. The Morgan fingerprint density at radius 2 is 2.18 bits per heavy atom. The summed E-state index contributed by atoms with van der Waals surface area (Å²) in [6.07, 6.45) is 0. The first-order valence-corrected chi connectivity index (χ1v) is 4.25. The Bertz CT molecular complexity index is 296. The standard InChI is InChI=1S/C8H6BrClO/c1-5-3-2-4-6(7(5)9)8(10)11/h2-4H,1H3. The number of aryl methyl sites for hydroxylation is 1. The molecule has 0 aliphatic carbocycles. The molecule has 0 amide bonds. The van der Waals surface area contributed by atoms with Crippen LogP contribution in [0.3, 0.4) is 0 Å². The lowest BCUT2D eigenvalue weighted by Gasteiger charge is -2.00. The van der Waals surface area contributed by atoms with E-state index < -0.39 is 5.24 Å². The summed E-state index contributed by atoms with van der Waals surface area (Å²) in [6.45, 7) is 1.91. The first-order chi connectivity index (χ1) is 5.13. The molecule has 0 fully saturated rings. The fourth-order valence-corrected chi connectivity index (χ4v) is 1.52. The largest absolute Gasteiger partial charge is 0.276 e. The zero-order valence-corrected chi connectivity index (χ0v) is 8.24. The summed E-state index contributed by atoms with van der Waals surface area (Å²) >= 11 is 8.59. The van der Waals surface area contributed by atoms with Gasteiger partial charge in [0.1, 0.15) is 0 Å². The summed E-state index contributed by atoms with van der Waals surface area (Å²) in [5, 5.41) is -0.430. The SMILES string of the molecule is Cc1cccc(C(=O)Cl)c1Br. The van der Waals surface area contributed by atoms with Gasteiger partial charge in [-0.3, -0.25) is 4.79 Å². The van der Waals surface area contributed by atoms with Crippen LogP contribution in [-0.4, -0.2) is 5.24 Å². The van der Waals surface area contributed by atoms with E-state index in [1.54, 1.807) is 12.1 Å². The lowest BCUT2D eigenvalue weighted by molar-refractivity contribution is 0.108. The first kappa shape index (κ1) is 8.75. The zero-order chi connectivity index (χ0) is 8.43. The third-order valence-corrected chi connectivity index (χ3v) is 2.66. The Morgan fingerprint density at radius 1 is 1.55 bits per heavy atom. The first-order valence-electron chi connectivity index (χ1n) is 3.08. The van der Waals surface area contributed by atoms with Crippen molar-refractivity contribution < 1.29 is 4.79 Å². The summed E-state index contributed by atoms with van der Waals surface area (Å²) in [5.41, 5.74) is 1.53. The van der Waals surface area contributed by atoms with Gasteiger partial charge >= 0.3 is 0 Å². The highest BCUT2D eigenvalue weighted by Gasteiger charge is 2.07. The van der Waals surface area contributed by atoms with Gasteiger partial charge < -0.3 is 0 Å². The van der Waals surface area contributed by atoms with Crippen LogP contribution in [0.1, 0.15) is 15.9 Å². The van der Waals surface area contributed by atoms with E-state index in [9.17, 15) is 4.79 Å². The second-order valence-corrected chi connectivity index (χ2v) is 3.35. The Balaban J connectivity index is 3.27. The molecule has 3 heteroatoms. The molecule has 0 aliphatic heterocycles. The number of carbonyl (C=O) groups is 1. The molecule has 0 N–H and O–H groups in total. The van der Waals surface area contributed by atoms with E-state index in [1.807, 2.05) is 13.0 Å². The lowest BCUT2D eigenvalue weighted by Crippen LogP contribution is -1.91. The van der Waals surface area contributed by atoms with E-state index >= 15 is 0 Å². The number of rotatable bonds is 1. The van der Waals surface area contributed by atoms with Crippen molar-refractivity contribution in [2.45, 2.75) is 6.92 Å². The van der Waals surface area contributed by atoms with Gasteiger partial charge in [-0.25, -0.2) is 0 Å². The van der Waals surface area contributed by atoms with Crippen LogP contribution >= 0.6 is 27.5 Å². The fourth-order valence-electron chi connectivity index (χ4n) is 0.799. The summed E-state index contributed by atoms with van der Waals surface area (Å²) in [7, 11) is 0. The van der Waals surface area contributed by atoms with Gasteiger partial charge in [0.2, 0.25) is 0 Å². The van der Waals surface area contributed by atoms with Crippen LogP contribution in [0, 0.1) is 6.92 Å². The highest BCUT2D eigenvalue weighted by atomic mass is 79.9. The maximum absolute atomic E-state index is 10.8. The molecule has 1 nitrogen and oxygen atoms in total. The van der Waals surface area contributed by atoms with Gasteiger partial charge in [-0.1, -0.05) is 12.1 Å². The van der Waals surface area contributed by atoms with Crippen LogP contribution < -0.4 is 0 Å². The van der Waals surface area contributed by atoms with Crippen LogP contribution in [0.2, 0.25) is 0 Å². The maximum atomic E-state index is 10.8. The Hall–Kier alpha value is -0.340. The second kappa shape index (κ2) is 3.37. The normalized spacial score (nSPS) is 9.73. The molecular weight excluding hydrogens is 227 g/mol. The minimum atomic E-state index is -0.430. The zero-order valence-electron chi connectivity index (χ0n) is 5.90. The average Bonchev–Trinajstić information content (AvgIpc) is 1.94. The van der Waals surface area contributed by atoms with Crippen LogP contribution in [0.15, 0.2) is 22.7 Å². The Kier molecular flexibility index (Phi) is 2.68. The lowest BCUT2D eigenvalue weighted by atomic mass is 10.2. The molecule has 1 aromatic carbocycles. The van der Waals surface area contributed by atoms with Gasteiger partial charge in [-0.2, -0.15) is 0 Å². The van der Waals surface area contributed by atoms with E-state index in [2.05, 4.69) is 15.9 Å². The highest BCUT2D eigenvalue weighted by Crippen LogP contribution is 2.22. The van der Waals surface area contributed by atoms with Crippen molar-refractivity contribution in [2.24, 2.45) is 0 Å². The second-order valence-electron chi connectivity index (χ2n) is 2.21. The van der Waals surface area contributed by atoms with E-state index in [-0.39, 0.29) is 0 Å². The average molecular weight is 233 g/mol. The van der Waals surface area contributed by atoms with E-state index in [0.29, 0.717) is 5.56 Å².